The van der Waals surface area contributed by atoms with Crippen molar-refractivity contribution in [3.8, 4) is 0 Å². The first kappa shape index (κ1) is 18.3. The summed E-state index contributed by atoms with van der Waals surface area (Å²) in [5.41, 5.74) is 3.17. The van der Waals surface area contributed by atoms with E-state index in [1.807, 2.05) is 25.1 Å². The minimum atomic E-state index is -0.282. The zero-order valence-electron chi connectivity index (χ0n) is 14.5. The maximum atomic E-state index is 11.4. The van der Waals surface area contributed by atoms with Crippen LogP contribution in [0.2, 0.25) is 5.02 Å². The molecule has 27 heavy (non-hydrogen) atoms. The quantitative estimate of drug-likeness (QED) is 0.547. The first-order valence-corrected chi connectivity index (χ1v) is 8.44. The van der Waals surface area contributed by atoms with Gasteiger partial charge in [-0.1, -0.05) is 30.3 Å². The van der Waals surface area contributed by atoms with E-state index in [0.29, 0.717) is 28.3 Å². The molecular formula is C19H17ClN6O. The summed E-state index contributed by atoms with van der Waals surface area (Å²) in [4.78, 5) is 24.0. The van der Waals surface area contributed by atoms with Gasteiger partial charge in [-0.15, -0.1) is 0 Å². The van der Waals surface area contributed by atoms with E-state index in [1.165, 1.54) is 12.4 Å². The molecule has 3 aromatic rings. The fourth-order valence-corrected chi connectivity index (χ4v) is 2.44. The Balaban J connectivity index is 1.76. The van der Waals surface area contributed by atoms with Crippen molar-refractivity contribution in [2.45, 2.75) is 6.92 Å². The van der Waals surface area contributed by atoms with Gasteiger partial charge in [-0.05, 0) is 48.9 Å². The molecule has 0 saturated carbocycles. The van der Waals surface area contributed by atoms with E-state index in [0.717, 1.165) is 11.3 Å². The standard InChI is InChI=1S/C19H17ClN6O/c1-3-17(27)23-14-5-4-6-15(10-14)24-18-21-11-22-19(26-18)25-16-9-13(20)8-7-12(16)2/h3-11H,1H2,2H3,(H,23,27)(H2,21,22,24,25,26). The Hall–Kier alpha value is -3.45. The van der Waals surface area contributed by atoms with Crippen molar-refractivity contribution in [1.82, 2.24) is 15.0 Å². The largest absolute Gasteiger partial charge is 0.324 e. The molecule has 0 saturated heterocycles. The zero-order valence-corrected chi connectivity index (χ0v) is 15.3. The Bertz CT molecular complexity index is 991. The minimum Gasteiger partial charge on any atom is -0.324 e. The van der Waals surface area contributed by atoms with E-state index < -0.39 is 0 Å². The SMILES string of the molecule is C=CC(=O)Nc1cccc(Nc2ncnc(Nc3cc(Cl)ccc3C)n2)c1. The van der Waals surface area contributed by atoms with Crippen LogP contribution in [0.5, 0.6) is 0 Å². The van der Waals surface area contributed by atoms with Crippen LogP contribution in [-0.2, 0) is 4.79 Å². The average molecular weight is 381 g/mol. The summed E-state index contributed by atoms with van der Waals surface area (Å²) < 4.78 is 0. The first-order valence-electron chi connectivity index (χ1n) is 8.06. The molecule has 0 atom stereocenters. The molecule has 136 valence electrons. The van der Waals surface area contributed by atoms with Gasteiger partial charge in [0, 0.05) is 22.1 Å². The highest BCUT2D eigenvalue weighted by Gasteiger charge is 2.06. The Kier molecular flexibility index (Phi) is 5.63. The van der Waals surface area contributed by atoms with Crippen LogP contribution in [0.4, 0.5) is 29.0 Å². The molecule has 1 aromatic heterocycles. The second-order valence-electron chi connectivity index (χ2n) is 5.62. The van der Waals surface area contributed by atoms with Gasteiger partial charge in [-0.3, -0.25) is 4.79 Å². The van der Waals surface area contributed by atoms with E-state index in [9.17, 15) is 4.79 Å². The van der Waals surface area contributed by atoms with Crippen LogP contribution in [0.25, 0.3) is 0 Å². The summed E-state index contributed by atoms with van der Waals surface area (Å²) in [7, 11) is 0. The van der Waals surface area contributed by atoms with Crippen LogP contribution in [-0.4, -0.2) is 20.9 Å². The van der Waals surface area contributed by atoms with Gasteiger partial charge in [0.05, 0.1) is 0 Å². The highest BCUT2D eigenvalue weighted by Crippen LogP contribution is 2.23. The van der Waals surface area contributed by atoms with Gasteiger partial charge in [0.2, 0.25) is 17.8 Å². The molecule has 0 radical (unpaired) electrons. The van der Waals surface area contributed by atoms with Gasteiger partial charge in [0.25, 0.3) is 0 Å². The summed E-state index contributed by atoms with van der Waals surface area (Å²) in [5, 5.41) is 9.53. The number of rotatable bonds is 6. The van der Waals surface area contributed by atoms with Gasteiger partial charge in [0.1, 0.15) is 6.33 Å². The monoisotopic (exact) mass is 380 g/mol. The van der Waals surface area contributed by atoms with Crippen LogP contribution >= 0.6 is 11.6 Å². The molecule has 8 heteroatoms. The van der Waals surface area contributed by atoms with Gasteiger partial charge >= 0.3 is 0 Å². The molecule has 0 fully saturated rings. The number of benzene rings is 2. The molecule has 0 unspecified atom stereocenters. The molecule has 7 nitrogen and oxygen atoms in total. The lowest BCUT2D eigenvalue weighted by molar-refractivity contribution is -0.111. The lowest BCUT2D eigenvalue weighted by Gasteiger charge is -2.10. The van der Waals surface area contributed by atoms with E-state index in [2.05, 4.69) is 37.5 Å². The number of amides is 1. The maximum Gasteiger partial charge on any atom is 0.247 e. The summed E-state index contributed by atoms with van der Waals surface area (Å²) >= 11 is 6.04. The van der Waals surface area contributed by atoms with Crippen molar-refractivity contribution in [3.63, 3.8) is 0 Å². The van der Waals surface area contributed by atoms with Crippen molar-refractivity contribution in [2.24, 2.45) is 0 Å². The van der Waals surface area contributed by atoms with Crippen LogP contribution in [0.3, 0.4) is 0 Å². The molecule has 0 aliphatic heterocycles. The van der Waals surface area contributed by atoms with Crippen molar-refractivity contribution < 1.29 is 4.79 Å². The van der Waals surface area contributed by atoms with Crippen molar-refractivity contribution in [2.75, 3.05) is 16.0 Å². The van der Waals surface area contributed by atoms with Gasteiger partial charge in [-0.2, -0.15) is 4.98 Å². The summed E-state index contributed by atoms with van der Waals surface area (Å²) in [6.07, 6.45) is 2.61. The first-order chi connectivity index (χ1) is 13.0. The third-order valence-electron chi connectivity index (χ3n) is 3.59. The molecule has 1 heterocycles. The average Bonchev–Trinajstić information content (AvgIpc) is 2.65. The summed E-state index contributed by atoms with van der Waals surface area (Å²) in [6.45, 7) is 5.39. The fraction of sp³-hybridized carbons (Fsp3) is 0.0526. The van der Waals surface area contributed by atoms with Crippen molar-refractivity contribution in [3.05, 3.63) is 72.0 Å². The number of aryl methyl sites for hydroxylation is 1. The van der Waals surface area contributed by atoms with Crippen LogP contribution < -0.4 is 16.0 Å². The topological polar surface area (TPSA) is 91.8 Å². The second-order valence-corrected chi connectivity index (χ2v) is 6.05. The predicted octanol–water partition coefficient (Wildman–Crippen LogP) is 4.45. The van der Waals surface area contributed by atoms with E-state index in [-0.39, 0.29) is 5.91 Å². The minimum absolute atomic E-state index is 0.282. The van der Waals surface area contributed by atoms with Crippen molar-refractivity contribution >= 4 is 46.5 Å². The lowest BCUT2D eigenvalue weighted by atomic mass is 10.2. The number of hydrogen-bond acceptors (Lipinski definition) is 6. The number of nitrogens with zero attached hydrogens (tertiary/aromatic N) is 3. The molecule has 1 amide bonds. The molecule has 0 aliphatic carbocycles. The molecule has 3 rings (SSSR count). The Morgan fingerprint density at radius 1 is 1.07 bits per heavy atom. The number of aromatic nitrogens is 3. The molecule has 2 aromatic carbocycles. The lowest BCUT2D eigenvalue weighted by Crippen LogP contribution is -2.07. The number of nitrogens with one attached hydrogen (secondary N) is 3. The highest BCUT2D eigenvalue weighted by molar-refractivity contribution is 6.30. The van der Waals surface area contributed by atoms with Crippen LogP contribution in [0.15, 0.2) is 61.4 Å². The second kappa shape index (κ2) is 8.29. The third kappa shape index (κ3) is 5.02. The third-order valence-corrected chi connectivity index (χ3v) is 3.82. The number of anilines is 5. The van der Waals surface area contributed by atoms with Crippen LogP contribution in [0.1, 0.15) is 5.56 Å². The normalized spacial score (nSPS) is 10.1. The zero-order chi connectivity index (χ0) is 19.2. The van der Waals surface area contributed by atoms with Gasteiger partial charge in [0.15, 0.2) is 0 Å². The molecular weight excluding hydrogens is 364 g/mol. The Labute approximate surface area is 161 Å². The molecule has 0 spiro atoms. The van der Waals surface area contributed by atoms with E-state index in [1.54, 1.807) is 24.3 Å². The molecule has 3 N–H and O–H groups in total. The van der Waals surface area contributed by atoms with Gasteiger partial charge < -0.3 is 16.0 Å². The van der Waals surface area contributed by atoms with Gasteiger partial charge in [-0.25, -0.2) is 9.97 Å². The summed E-state index contributed by atoms with van der Waals surface area (Å²) in [6, 6.07) is 12.7. The fourth-order valence-electron chi connectivity index (χ4n) is 2.26. The molecule has 0 aliphatic rings. The van der Waals surface area contributed by atoms with E-state index in [4.69, 9.17) is 11.6 Å². The highest BCUT2D eigenvalue weighted by atomic mass is 35.5. The predicted molar refractivity (Wildman–Crippen MR) is 108 cm³/mol. The number of hydrogen-bond donors (Lipinski definition) is 3. The van der Waals surface area contributed by atoms with Crippen LogP contribution in [0, 0.1) is 6.92 Å². The maximum absolute atomic E-state index is 11.4. The van der Waals surface area contributed by atoms with E-state index >= 15 is 0 Å². The number of carbonyl (C=O) groups is 1. The number of carbonyl (C=O) groups excluding carboxylic acids is 1. The Morgan fingerprint density at radius 3 is 2.59 bits per heavy atom. The molecule has 0 bridgehead atoms. The Morgan fingerprint density at radius 2 is 1.81 bits per heavy atom. The smallest absolute Gasteiger partial charge is 0.247 e. The number of halogens is 1. The summed E-state index contributed by atoms with van der Waals surface area (Å²) in [5.74, 6) is 0.462. The van der Waals surface area contributed by atoms with Crippen molar-refractivity contribution in [1.29, 1.82) is 0 Å².